The Bertz CT molecular complexity index is 1020. The first-order valence-corrected chi connectivity index (χ1v) is 11.7. The summed E-state index contributed by atoms with van der Waals surface area (Å²) >= 11 is 9.96. The van der Waals surface area contributed by atoms with Gasteiger partial charge in [0, 0.05) is 4.47 Å². The van der Waals surface area contributed by atoms with E-state index in [1.54, 1.807) is 30.3 Å². The maximum atomic E-state index is 13.0. The second-order valence-corrected chi connectivity index (χ2v) is 10.1. The van der Waals surface area contributed by atoms with E-state index in [2.05, 4.69) is 52.5 Å². The number of benzene rings is 2. The molecular formula is C18H14Br3NO4S. The Morgan fingerprint density at radius 2 is 1.67 bits per heavy atom. The van der Waals surface area contributed by atoms with E-state index in [0.29, 0.717) is 14.5 Å². The minimum atomic E-state index is -3.86. The Kier molecular flexibility index (Phi) is 6.27. The fourth-order valence-corrected chi connectivity index (χ4v) is 5.21. The summed E-state index contributed by atoms with van der Waals surface area (Å²) in [7, 11) is -3.86. The van der Waals surface area contributed by atoms with Crippen LogP contribution in [0, 0.1) is 6.92 Å². The number of nitrogens with one attached hydrogen (secondary N) is 1. The molecule has 1 N–H and O–H groups in total. The number of rotatable bonds is 5. The molecule has 0 amide bonds. The molecule has 0 unspecified atom stereocenters. The number of hydrogen-bond donors (Lipinski definition) is 1. The van der Waals surface area contributed by atoms with Gasteiger partial charge in [0.1, 0.15) is 4.48 Å². The van der Waals surface area contributed by atoms with Gasteiger partial charge in [-0.15, -0.1) is 0 Å². The Hall–Kier alpha value is -1.000. The molecule has 2 aromatic carbocycles. The molecule has 2 aromatic rings. The van der Waals surface area contributed by atoms with E-state index in [-0.39, 0.29) is 9.38 Å². The molecule has 3 rings (SSSR count). The number of aryl methyl sites for hydroxylation is 1. The van der Waals surface area contributed by atoms with Crippen LogP contribution in [0.25, 0.3) is 0 Å². The fraction of sp³-hybridized carbons (Fsp3) is 0.167. The van der Waals surface area contributed by atoms with Crippen LogP contribution in [0.4, 0.5) is 0 Å². The van der Waals surface area contributed by atoms with E-state index >= 15 is 0 Å². The van der Waals surface area contributed by atoms with Crippen molar-refractivity contribution in [1.82, 2.24) is 4.72 Å². The lowest BCUT2D eigenvalue weighted by Crippen LogP contribution is -2.37. The molecule has 1 aliphatic rings. The zero-order valence-electron chi connectivity index (χ0n) is 13.9. The van der Waals surface area contributed by atoms with Gasteiger partial charge < -0.3 is 4.74 Å². The molecule has 1 aliphatic heterocycles. The number of hydrogen-bond acceptors (Lipinski definition) is 4. The summed E-state index contributed by atoms with van der Waals surface area (Å²) in [6.45, 7) is 1.88. The number of ether oxygens (including phenoxy) is 1. The van der Waals surface area contributed by atoms with E-state index in [1.807, 2.05) is 13.0 Å². The lowest BCUT2D eigenvalue weighted by Gasteiger charge is -2.25. The van der Waals surface area contributed by atoms with Crippen molar-refractivity contribution < 1.29 is 17.9 Å². The summed E-state index contributed by atoms with van der Waals surface area (Å²) < 4.78 is 35.4. The topological polar surface area (TPSA) is 72.5 Å². The molecule has 0 fully saturated rings. The minimum absolute atomic E-state index is 0.133. The molecule has 27 heavy (non-hydrogen) atoms. The summed E-state index contributed by atoms with van der Waals surface area (Å²) in [5.41, 5.74) is 1.60. The molecule has 0 saturated heterocycles. The van der Waals surface area contributed by atoms with Crippen molar-refractivity contribution in [3.05, 3.63) is 73.1 Å². The lowest BCUT2D eigenvalue weighted by molar-refractivity contribution is -0.139. The summed E-state index contributed by atoms with van der Waals surface area (Å²) in [5.74, 6) is -0.557. The molecule has 0 radical (unpaired) electrons. The molecular weight excluding hydrogens is 566 g/mol. The molecule has 0 aliphatic carbocycles. The van der Waals surface area contributed by atoms with E-state index < -0.39 is 28.1 Å². The van der Waals surface area contributed by atoms with Gasteiger partial charge in [0.05, 0.1) is 15.4 Å². The third kappa shape index (κ3) is 4.37. The van der Waals surface area contributed by atoms with E-state index in [0.717, 1.165) is 5.56 Å². The van der Waals surface area contributed by atoms with Gasteiger partial charge >= 0.3 is 5.97 Å². The van der Waals surface area contributed by atoms with Gasteiger partial charge in [-0.3, -0.25) is 0 Å². The first-order chi connectivity index (χ1) is 12.7. The fourth-order valence-electron chi connectivity index (χ4n) is 2.62. The zero-order chi connectivity index (χ0) is 19.8. The lowest BCUT2D eigenvalue weighted by atomic mass is 10.0. The van der Waals surface area contributed by atoms with Gasteiger partial charge in [0.15, 0.2) is 6.10 Å². The average molecular weight is 580 g/mol. The third-order valence-corrected chi connectivity index (χ3v) is 8.34. The highest BCUT2D eigenvalue weighted by Crippen LogP contribution is 2.40. The third-order valence-electron chi connectivity index (χ3n) is 4.03. The Morgan fingerprint density at radius 3 is 2.22 bits per heavy atom. The number of halogens is 3. The number of esters is 1. The van der Waals surface area contributed by atoms with Gasteiger partial charge in [-0.25, -0.2) is 13.2 Å². The van der Waals surface area contributed by atoms with Crippen LogP contribution < -0.4 is 4.72 Å². The van der Waals surface area contributed by atoms with Crippen LogP contribution in [0.3, 0.4) is 0 Å². The normalized spacial score (nSPS) is 18.5. The molecule has 0 spiro atoms. The second kappa shape index (κ2) is 8.16. The van der Waals surface area contributed by atoms with Crippen LogP contribution in [0.1, 0.15) is 17.2 Å². The maximum absolute atomic E-state index is 13.0. The summed E-state index contributed by atoms with van der Waals surface area (Å²) in [6, 6.07) is 12.9. The smallest absolute Gasteiger partial charge is 0.346 e. The summed E-state index contributed by atoms with van der Waals surface area (Å²) in [5, 5.41) is 0. The van der Waals surface area contributed by atoms with Gasteiger partial charge in [0.25, 0.3) is 0 Å². The van der Waals surface area contributed by atoms with Gasteiger partial charge in [0.2, 0.25) is 10.0 Å². The highest BCUT2D eigenvalue weighted by molar-refractivity contribution is 9.14. The van der Waals surface area contributed by atoms with Crippen LogP contribution in [0.5, 0.6) is 0 Å². The number of carbonyl (C=O) groups excluding carboxylic acids is 1. The van der Waals surface area contributed by atoms with Crippen LogP contribution in [-0.4, -0.2) is 20.5 Å². The highest BCUT2D eigenvalue weighted by atomic mass is 79.9. The first kappa shape index (κ1) is 20.7. The van der Waals surface area contributed by atoms with Crippen molar-refractivity contribution in [3.8, 4) is 0 Å². The summed E-state index contributed by atoms with van der Waals surface area (Å²) in [6.07, 6.45) is -0.842. The molecule has 2 atom stereocenters. The first-order valence-electron chi connectivity index (χ1n) is 7.80. The number of cyclic esters (lactones) is 1. The van der Waals surface area contributed by atoms with Crippen molar-refractivity contribution in [2.45, 2.75) is 24.0 Å². The Morgan fingerprint density at radius 1 is 1.04 bits per heavy atom. The predicted octanol–water partition coefficient (Wildman–Crippen LogP) is 4.70. The molecule has 1 heterocycles. The quantitative estimate of drug-likeness (QED) is 0.521. The average Bonchev–Trinajstić information content (AvgIpc) is 2.88. The maximum Gasteiger partial charge on any atom is 0.346 e. The van der Waals surface area contributed by atoms with Crippen LogP contribution in [-0.2, 0) is 19.6 Å². The molecule has 5 nitrogen and oxygen atoms in total. The van der Waals surface area contributed by atoms with Crippen molar-refractivity contribution in [2.24, 2.45) is 0 Å². The van der Waals surface area contributed by atoms with Gasteiger partial charge in [-0.1, -0.05) is 51.8 Å². The van der Waals surface area contributed by atoms with E-state index in [4.69, 9.17) is 4.74 Å². The molecule has 0 saturated carbocycles. The largest absolute Gasteiger partial charge is 0.451 e. The molecule has 0 aromatic heterocycles. The highest BCUT2D eigenvalue weighted by Gasteiger charge is 2.40. The SMILES string of the molecule is Cc1ccc(S(=O)(=O)N[C@H](c2ccccc2Br)[C@@H]2OC(=O)C(Br)=C2Br)cc1. The predicted molar refractivity (Wildman–Crippen MR) is 113 cm³/mol. The van der Waals surface area contributed by atoms with Gasteiger partial charge in [-0.05, 0) is 62.5 Å². The zero-order valence-corrected chi connectivity index (χ0v) is 19.5. The second-order valence-electron chi connectivity index (χ2n) is 5.92. The molecule has 142 valence electrons. The van der Waals surface area contributed by atoms with Crippen molar-refractivity contribution >= 4 is 63.8 Å². The molecule has 9 heteroatoms. The Balaban J connectivity index is 2.05. The number of sulfonamides is 1. The van der Waals surface area contributed by atoms with Crippen molar-refractivity contribution in [2.75, 3.05) is 0 Å². The van der Waals surface area contributed by atoms with Gasteiger partial charge in [-0.2, -0.15) is 4.72 Å². The van der Waals surface area contributed by atoms with Crippen LogP contribution >= 0.6 is 47.8 Å². The van der Waals surface area contributed by atoms with Crippen molar-refractivity contribution in [1.29, 1.82) is 0 Å². The van der Waals surface area contributed by atoms with E-state index in [9.17, 15) is 13.2 Å². The monoisotopic (exact) mass is 577 g/mol. The van der Waals surface area contributed by atoms with Crippen LogP contribution in [0.2, 0.25) is 0 Å². The Labute approximate surface area is 182 Å². The number of carbonyl (C=O) groups is 1. The standard InChI is InChI=1S/C18H14Br3NO4S/c1-10-6-8-11(9-7-10)27(24,25)22-16(12-4-2-3-5-13(12)19)17-14(20)15(21)18(23)26-17/h2-9,16-17,22H,1H3/t16-,17-/m1/s1. The molecule has 0 bridgehead atoms. The summed E-state index contributed by atoms with van der Waals surface area (Å²) in [4.78, 5) is 12.1. The van der Waals surface area contributed by atoms with E-state index in [1.165, 1.54) is 12.1 Å². The van der Waals surface area contributed by atoms with Crippen molar-refractivity contribution in [3.63, 3.8) is 0 Å². The van der Waals surface area contributed by atoms with Crippen LogP contribution in [0.15, 0.2) is 66.9 Å². The minimum Gasteiger partial charge on any atom is -0.451 e.